The quantitative estimate of drug-likeness (QED) is 0.252. The van der Waals surface area contributed by atoms with Gasteiger partial charge in [-0.2, -0.15) is 0 Å². The van der Waals surface area contributed by atoms with E-state index < -0.39 is 18.6 Å². The van der Waals surface area contributed by atoms with Crippen LogP contribution in [0.15, 0.2) is 87.8 Å². The third kappa shape index (κ3) is 6.34. The number of nitrogens with one attached hydrogen (secondary N) is 1. The van der Waals surface area contributed by atoms with E-state index in [9.17, 15) is 14.4 Å². The number of rotatable bonds is 9. The van der Waals surface area contributed by atoms with Gasteiger partial charge in [-0.15, -0.1) is 0 Å². The molecule has 0 fully saturated rings. The SMILES string of the molecule is COc1ccc([C@H]2C(C(=O)Nc3ccccc3)=C(C)N=c3s/c(=C/c4cc(I)c(OCC(=O)O)c(OC)c4)c(=O)n32)cc1. The lowest BCUT2D eigenvalue weighted by Gasteiger charge is -2.25. The largest absolute Gasteiger partial charge is 0.497 e. The number of hydrogen-bond acceptors (Lipinski definition) is 8. The normalized spacial score (nSPS) is 14.5. The van der Waals surface area contributed by atoms with Crippen molar-refractivity contribution < 1.29 is 28.9 Å². The van der Waals surface area contributed by atoms with Crippen LogP contribution in [0.4, 0.5) is 5.69 Å². The first-order valence-electron chi connectivity index (χ1n) is 12.9. The second-order valence-corrected chi connectivity index (χ2v) is 11.6. The Morgan fingerprint density at radius 3 is 2.47 bits per heavy atom. The molecule has 4 aromatic rings. The van der Waals surface area contributed by atoms with Crippen LogP contribution in [-0.2, 0) is 9.59 Å². The Morgan fingerprint density at radius 1 is 1.09 bits per heavy atom. The smallest absolute Gasteiger partial charge is 0.341 e. The Hall–Kier alpha value is -4.43. The van der Waals surface area contributed by atoms with E-state index in [0.717, 1.165) is 5.56 Å². The summed E-state index contributed by atoms with van der Waals surface area (Å²) in [6.45, 7) is 1.24. The first kappa shape index (κ1) is 30.0. The van der Waals surface area contributed by atoms with Gasteiger partial charge in [-0.25, -0.2) is 9.79 Å². The van der Waals surface area contributed by atoms with E-state index >= 15 is 0 Å². The topological polar surface area (TPSA) is 128 Å². The molecule has 43 heavy (non-hydrogen) atoms. The van der Waals surface area contributed by atoms with Gasteiger partial charge in [0.15, 0.2) is 22.9 Å². The number of aromatic nitrogens is 1. The summed E-state index contributed by atoms with van der Waals surface area (Å²) in [5.41, 5.74) is 2.52. The summed E-state index contributed by atoms with van der Waals surface area (Å²) in [7, 11) is 3.03. The first-order valence-corrected chi connectivity index (χ1v) is 14.8. The Kier molecular flexibility index (Phi) is 8.97. The van der Waals surface area contributed by atoms with Crippen molar-refractivity contribution in [1.29, 1.82) is 0 Å². The van der Waals surface area contributed by atoms with Gasteiger partial charge in [-0.1, -0.05) is 41.7 Å². The molecule has 0 aliphatic carbocycles. The number of benzene rings is 3. The molecule has 3 aromatic carbocycles. The Bertz CT molecular complexity index is 1920. The van der Waals surface area contributed by atoms with Gasteiger partial charge in [0.05, 0.1) is 39.6 Å². The average molecular weight is 712 g/mol. The van der Waals surface area contributed by atoms with Crippen molar-refractivity contribution in [3.05, 3.63) is 112 Å². The van der Waals surface area contributed by atoms with Crippen LogP contribution in [0.2, 0.25) is 0 Å². The van der Waals surface area contributed by atoms with Crippen molar-refractivity contribution >= 4 is 57.6 Å². The third-order valence-electron chi connectivity index (χ3n) is 6.62. The summed E-state index contributed by atoms with van der Waals surface area (Å²) >= 11 is 3.24. The number of anilines is 1. The van der Waals surface area contributed by atoms with Gasteiger partial charge >= 0.3 is 5.97 Å². The second kappa shape index (κ2) is 12.8. The highest BCUT2D eigenvalue weighted by atomic mass is 127. The number of hydrogen-bond donors (Lipinski definition) is 2. The lowest BCUT2D eigenvalue weighted by Crippen LogP contribution is -2.40. The van der Waals surface area contributed by atoms with Crippen molar-refractivity contribution in [2.45, 2.75) is 13.0 Å². The zero-order valence-electron chi connectivity index (χ0n) is 23.3. The minimum Gasteiger partial charge on any atom is -0.497 e. The van der Waals surface area contributed by atoms with E-state index in [2.05, 4.69) is 10.3 Å². The fourth-order valence-electron chi connectivity index (χ4n) is 4.68. The maximum atomic E-state index is 14.0. The number of nitrogens with zero attached hydrogens (tertiary/aromatic N) is 2. The predicted octanol–water partition coefficient (Wildman–Crippen LogP) is 3.96. The summed E-state index contributed by atoms with van der Waals surface area (Å²) in [5.74, 6) is -0.195. The van der Waals surface area contributed by atoms with Crippen molar-refractivity contribution in [2.24, 2.45) is 4.99 Å². The molecule has 220 valence electrons. The number of allylic oxidation sites excluding steroid dienone is 1. The van der Waals surface area contributed by atoms with Gasteiger partial charge in [0.1, 0.15) is 5.75 Å². The van der Waals surface area contributed by atoms with Crippen LogP contribution < -0.4 is 34.4 Å². The maximum absolute atomic E-state index is 14.0. The van der Waals surface area contributed by atoms with Gasteiger partial charge in [0.2, 0.25) is 0 Å². The fourth-order valence-corrected chi connectivity index (χ4v) is 6.51. The van der Waals surface area contributed by atoms with Crippen molar-refractivity contribution in [3.8, 4) is 17.2 Å². The number of fused-ring (bicyclic) bond motifs is 1. The van der Waals surface area contributed by atoms with E-state index in [1.807, 2.05) is 52.9 Å². The molecule has 0 spiro atoms. The van der Waals surface area contributed by atoms with Crippen molar-refractivity contribution in [3.63, 3.8) is 0 Å². The number of carbonyl (C=O) groups excluding carboxylic acids is 1. The molecule has 2 heterocycles. The number of halogens is 1. The summed E-state index contributed by atoms with van der Waals surface area (Å²) in [6.07, 6.45) is 1.71. The van der Waals surface area contributed by atoms with Gasteiger partial charge in [-0.05, 0) is 83.1 Å². The minimum absolute atomic E-state index is 0.299. The highest BCUT2D eigenvalue weighted by Crippen LogP contribution is 2.35. The molecule has 0 unspecified atom stereocenters. The molecule has 1 atom stereocenters. The van der Waals surface area contributed by atoms with Gasteiger partial charge in [-0.3, -0.25) is 14.2 Å². The highest BCUT2D eigenvalue weighted by molar-refractivity contribution is 14.1. The van der Waals surface area contributed by atoms with Crippen LogP contribution >= 0.6 is 33.9 Å². The molecule has 12 heteroatoms. The molecular formula is C31H26IN3O7S. The standard InChI is InChI=1S/C31H26IN3O7S/c1-17-26(29(38)34-20-7-5-4-6-8-20)27(19-9-11-21(40-2)12-10-19)35-30(39)24(43-31(35)33-17)15-18-13-22(32)28(23(14-18)41-3)42-16-25(36)37/h4-15,27H,16H2,1-3H3,(H,34,38)(H,36,37)/b24-15+/t27-/m0/s1. The lowest BCUT2D eigenvalue weighted by atomic mass is 9.95. The van der Waals surface area contributed by atoms with E-state index in [0.29, 0.717) is 52.7 Å². The van der Waals surface area contributed by atoms with Crippen LogP contribution in [0.25, 0.3) is 6.08 Å². The summed E-state index contributed by atoms with van der Waals surface area (Å²) < 4.78 is 18.7. The first-order chi connectivity index (χ1) is 20.7. The summed E-state index contributed by atoms with van der Waals surface area (Å²) in [4.78, 5) is 43.9. The number of carboxylic acids is 1. The molecule has 10 nitrogen and oxygen atoms in total. The molecule has 1 aliphatic heterocycles. The Morgan fingerprint density at radius 2 is 1.81 bits per heavy atom. The molecule has 2 N–H and O–H groups in total. The van der Waals surface area contributed by atoms with Crippen LogP contribution in [0.3, 0.4) is 0 Å². The van der Waals surface area contributed by atoms with Crippen LogP contribution in [-0.4, -0.2) is 42.4 Å². The monoisotopic (exact) mass is 711 g/mol. The number of para-hydroxylation sites is 1. The van der Waals surface area contributed by atoms with E-state index in [-0.39, 0.29) is 11.5 Å². The van der Waals surface area contributed by atoms with E-state index in [1.54, 1.807) is 56.5 Å². The van der Waals surface area contributed by atoms with Crippen LogP contribution in [0, 0.1) is 3.57 Å². The minimum atomic E-state index is -1.11. The highest BCUT2D eigenvalue weighted by Gasteiger charge is 2.32. The maximum Gasteiger partial charge on any atom is 0.341 e. The molecule has 1 amide bonds. The number of carbonyl (C=O) groups is 2. The summed E-state index contributed by atoms with van der Waals surface area (Å²) in [6, 6.07) is 19.0. The molecule has 0 saturated heterocycles. The molecule has 1 aromatic heterocycles. The second-order valence-electron chi connectivity index (χ2n) is 9.39. The van der Waals surface area contributed by atoms with Gasteiger partial charge in [0.25, 0.3) is 11.5 Å². The number of aliphatic carboxylic acids is 1. The predicted molar refractivity (Wildman–Crippen MR) is 171 cm³/mol. The summed E-state index contributed by atoms with van der Waals surface area (Å²) in [5, 5.41) is 11.9. The fraction of sp³-hybridized carbons (Fsp3) is 0.161. The zero-order chi connectivity index (χ0) is 30.7. The van der Waals surface area contributed by atoms with Crippen molar-refractivity contribution in [2.75, 3.05) is 26.1 Å². The van der Waals surface area contributed by atoms with Crippen LogP contribution in [0.5, 0.6) is 17.2 Å². The van der Waals surface area contributed by atoms with Crippen molar-refractivity contribution in [1.82, 2.24) is 4.57 Å². The third-order valence-corrected chi connectivity index (χ3v) is 8.40. The number of ether oxygens (including phenoxy) is 3. The number of carboxylic acid groups (broad SMARTS) is 1. The molecule has 0 bridgehead atoms. The number of amides is 1. The zero-order valence-corrected chi connectivity index (χ0v) is 26.3. The molecule has 0 saturated carbocycles. The van der Waals surface area contributed by atoms with E-state index in [4.69, 9.17) is 19.3 Å². The molecule has 0 radical (unpaired) electrons. The Labute approximate surface area is 263 Å². The Balaban J connectivity index is 1.63. The molecular weight excluding hydrogens is 685 g/mol. The van der Waals surface area contributed by atoms with Crippen LogP contribution in [0.1, 0.15) is 24.1 Å². The number of methoxy groups -OCH3 is 2. The van der Waals surface area contributed by atoms with Gasteiger partial charge in [0, 0.05) is 5.69 Å². The van der Waals surface area contributed by atoms with E-state index in [1.165, 1.54) is 23.0 Å². The lowest BCUT2D eigenvalue weighted by molar-refractivity contribution is -0.139. The number of thiazole rings is 1. The molecule has 1 aliphatic rings. The molecule has 5 rings (SSSR count). The average Bonchev–Trinajstić information content (AvgIpc) is 3.29. The van der Waals surface area contributed by atoms with Gasteiger partial charge < -0.3 is 24.6 Å².